The Balaban J connectivity index is 1.34. The third-order valence-electron chi connectivity index (χ3n) is 4.82. The number of imidazole rings is 2. The first-order chi connectivity index (χ1) is 13.7. The average Bonchev–Trinajstić information content (AvgIpc) is 3.30. The Morgan fingerprint density at radius 3 is 1.57 bits per heavy atom. The van der Waals surface area contributed by atoms with Crippen molar-refractivity contribution in [3.8, 4) is 0 Å². The number of hydrogen-bond donors (Lipinski definition) is 0. The smallest absolute Gasteiger partial charge is 0.167 e. The summed E-state index contributed by atoms with van der Waals surface area (Å²) >= 11 is 3.71. The maximum absolute atomic E-state index is 4.37. The summed E-state index contributed by atoms with van der Waals surface area (Å²) in [5, 5.41) is 2.23. The lowest BCUT2D eigenvalue weighted by molar-refractivity contribution is 0.756. The Kier molecular flexibility index (Phi) is 8.55. The van der Waals surface area contributed by atoms with Crippen LogP contribution in [0.15, 0.2) is 59.4 Å². The summed E-state index contributed by atoms with van der Waals surface area (Å²) in [5.41, 5.74) is 3.06. The summed E-state index contributed by atoms with van der Waals surface area (Å²) in [7, 11) is 4.11. The Hall–Kier alpha value is -1.66. The summed E-state index contributed by atoms with van der Waals surface area (Å²) < 4.78 is 4.18. The van der Waals surface area contributed by atoms with Gasteiger partial charge < -0.3 is 9.13 Å². The van der Waals surface area contributed by atoms with Gasteiger partial charge in [-0.3, -0.25) is 0 Å². The van der Waals surface area contributed by atoms with Crippen molar-refractivity contribution >= 4 is 23.5 Å². The first-order valence-corrected chi connectivity index (χ1v) is 12.0. The van der Waals surface area contributed by atoms with Gasteiger partial charge in [0.2, 0.25) is 0 Å². The molecule has 0 fully saturated rings. The molecular formula is C22H30N4S2. The molecule has 0 unspecified atom stereocenters. The van der Waals surface area contributed by atoms with E-state index in [0.29, 0.717) is 0 Å². The van der Waals surface area contributed by atoms with Crippen molar-refractivity contribution in [2.24, 2.45) is 14.1 Å². The minimum Gasteiger partial charge on any atom is -0.329 e. The van der Waals surface area contributed by atoms with Gasteiger partial charge in [-0.2, -0.15) is 0 Å². The molecule has 0 aliphatic heterocycles. The van der Waals surface area contributed by atoms with Gasteiger partial charge in [0.15, 0.2) is 10.3 Å². The Bertz CT molecular complexity index is 771. The standard InChI is InChI=1S/C22H30N4S2/c1-25-15-13-23-21(25)27-17-7-5-11-19-9-3-4-10-20(19)12-6-8-18-28-22-24-14-16-26(22)2/h3-4,9-10,13-16H,5-8,11-12,17-18H2,1-2H3. The molecule has 28 heavy (non-hydrogen) atoms. The van der Waals surface area contributed by atoms with Crippen molar-refractivity contribution in [2.75, 3.05) is 11.5 Å². The number of aromatic nitrogens is 4. The van der Waals surface area contributed by atoms with E-state index in [4.69, 9.17) is 0 Å². The minimum atomic E-state index is 1.11. The van der Waals surface area contributed by atoms with Crippen LogP contribution in [-0.2, 0) is 26.9 Å². The lowest BCUT2D eigenvalue weighted by Gasteiger charge is -2.10. The second-order valence-corrected chi connectivity index (χ2v) is 9.15. The second-order valence-electron chi connectivity index (χ2n) is 7.02. The van der Waals surface area contributed by atoms with E-state index in [-0.39, 0.29) is 0 Å². The maximum atomic E-state index is 4.37. The normalized spacial score (nSPS) is 11.2. The fourth-order valence-electron chi connectivity index (χ4n) is 3.19. The second kappa shape index (κ2) is 11.4. The van der Waals surface area contributed by atoms with Crippen LogP contribution >= 0.6 is 23.5 Å². The average molecular weight is 415 g/mol. The molecule has 150 valence electrons. The molecule has 0 saturated carbocycles. The highest BCUT2D eigenvalue weighted by atomic mass is 32.2. The van der Waals surface area contributed by atoms with E-state index in [1.165, 1.54) is 49.7 Å². The quantitative estimate of drug-likeness (QED) is 0.294. The van der Waals surface area contributed by atoms with Gasteiger partial charge in [0.25, 0.3) is 0 Å². The zero-order chi connectivity index (χ0) is 19.6. The number of hydrogen-bond acceptors (Lipinski definition) is 4. The zero-order valence-electron chi connectivity index (χ0n) is 16.9. The molecule has 0 radical (unpaired) electrons. The zero-order valence-corrected chi connectivity index (χ0v) is 18.5. The van der Waals surface area contributed by atoms with Crippen LogP contribution in [0.4, 0.5) is 0 Å². The first kappa shape index (κ1) is 21.1. The number of rotatable bonds is 12. The molecule has 0 bridgehead atoms. The van der Waals surface area contributed by atoms with Crippen LogP contribution in [-0.4, -0.2) is 30.6 Å². The summed E-state index contributed by atoms with van der Waals surface area (Å²) in [5.74, 6) is 2.27. The van der Waals surface area contributed by atoms with Crippen LogP contribution in [0.2, 0.25) is 0 Å². The van der Waals surface area contributed by atoms with Crippen molar-refractivity contribution in [3.05, 3.63) is 60.2 Å². The van der Waals surface area contributed by atoms with Crippen LogP contribution in [0.1, 0.15) is 36.8 Å². The molecule has 0 saturated heterocycles. The molecule has 1 aromatic carbocycles. The monoisotopic (exact) mass is 414 g/mol. The van der Waals surface area contributed by atoms with Crippen molar-refractivity contribution in [2.45, 2.75) is 48.8 Å². The molecule has 0 spiro atoms. The molecule has 3 rings (SSSR count). The van der Waals surface area contributed by atoms with Gasteiger partial charge in [0.1, 0.15) is 0 Å². The number of nitrogens with zero attached hydrogens (tertiary/aromatic N) is 4. The van der Waals surface area contributed by atoms with Crippen molar-refractivity contribution in [1.29, 1.82) is 0 Å². The van der Waals surface area contributed by atoms with Crippen LogP contribution in [0, 0.1) is 0 Å². The molecule has 6 heteroatoms. The molecule has 3 aromatic rings. The molecule has 0 aliphatic carbocycles. The highest BCUT2D eigenvalue weighted by molar-refractivity contribution is 7.99. The van der Waals surface area contributed by atoms with E-state index in [1.807, 2.05) is 48.3 Å². The predicted octanol–water partition coefficient (Wildman–Crippen LogP) is 5.38. The molecule has 0 atom stereocenters. The first-order valence-electron chi connectivity index (χ1n) is 10.0. The Labute approximate surface area is 177 Å². The van der Waals surface area contributed by atoms with E-state index < -0.39 is 0 Å². The van der Waals surface area contributed by atoms with Crippen LogP contribution < -0.4 is 0 Å². The molecule has 2 aromatic heterocycles. The van der Waals surface area contributed by atoms with Gasteiger partial charge in [-0.05, 0) is 49.7 Å². The molecule has 4 nitrogen and oxygen atoms in total. The van der Waals surface area contributed by atoms with Gasteiger partial charge in [-0.15, -0.1) is 0 Å². The number of aryl methyl sites for hydroxylation is 4. The lowest BCUT2D eigenvalue weighted by Crippen LogP contribution is -1.97. The van der Waals surface area contributed by atoms with Gasteiger partial charge in [0, 0.05) is 50.4 Å². The number of unbranched alkanes of at least 4 members (excludes halogenated alkanes) is 2. The molecule has 2 heterocycles. The van der Waals surface area contributed by atoms with E-state index in [0.717, 1.165) is 21.8 Å². The molecule has 0 amide bonds. The third kappa shape index (κ3) is 6.45. The highest BCUT2D eigenvalue weighted by Gasteiger charge is 2.04. The van der Waals surface area contributed by atoms with E-state index in [9.17, 15) is 0 Å². The molecule has 0 N–H and O–H groups in total. The fraction of sp³-hybridized carbons (Fsp3) is 0.455. The van der Waals surface area contributed by atoms with Gasteiger partial charge in [0.05, 0.1) is 0 Å². The Morgan fingerprint density at radius 1 is 0.714 bits per heavy atom. The van der Waals surface area contributed by atoms with Crippen LogP contribution in [0.5, 0.6) is 0 Å². The van der Waals surface area contributed by atoms with Crippen LogP contribution in [0.3, 0.4) is 0 Å². The fourth-order valence-corrected chi connectivity index (χ4v) is 5.05. The van der Waals surface area contributed by atoms with Gasteiger partial charge in [-0.1, -0.05) is 47.8 Å². The van der Waals surface area contributed by atoms with E-state index >= 15 is 0 Å². The minimum absolute atomic E-state index is 1.11. The summed E-state index contributed by atoms with van der Waals surface area (Å²) in [6.45, 7) is 0. The maximum Gasteiger partial charge on any atom is 0.167 e. The van der Waals surface area contributed by atoms with Crippen LogP contribution in [0.25, 0.3) is 0 Å². The Morgan fingerprint density at radius 2 is 1.18 bits per heavy atom. The number of thioether (sulfide) groups is 2. The summed E-state index contributed by atoms with van der Waals surface area (Å²) in [6.07, 6.45) is 15.0. The van der Waals surface area contributed by atoms with E-state index in [2.05, 4.69) is 57.5 Å². The van der Waals surface area contributed by atoms with E-state index in [1.54, 1.807) is 0 Å². The van der Waals surface area contributed by atoms with Gasteiger partial charge >= 0.3 is 0 Å². The van der Waals surface area contributed by atoms with Crippen molar-refractivity contribution in [1.82, 2.24) is 19.1 Å². The third-order valence-corrected chi connectivity index (χ3v) is 7.10. The lowest BCUT2D eigenvalue weighted by atomic mass is 9.98. The predicted molar refractivity (Wildman–Crippen MR) is 120 cm³/mol. The molecular weight excluding hydrogens is 384 g/mol. The SMILES string of the molecule is Cn1ccnc1SCCCCc1ccccc1CCCCSc1nccn1C. The number of benzene rings is 1. The summed E-state index contributed by atoms with van der Waals surface area (Å²) in [4.78, 5) is 8.75. The highest BCUT2D eigenvalue weighted by Crippen LogP contribution is 2.20. The van der Waals surface area contributed by atoms with Crippen molar-refractivity contribution < 1.29 is 0 Å². The largest absolute Gasteiger partial charge is 0.329 e. The summed E-state index contributed by atoms with van der Waals surface area (Å²) in [6, 6.07) is 8.98. The topological polar surface area (TPSA) is 35.6 Å². The van der Waals surface area contributed by atoms with Gasteiger partial charge in [-0.25, -0.2) is 9.97 Å². The molecule has 0 aliphatic rings. The van der Waals surface area contributed by atoms with Crippen molar-refractivity contribution in [3.63, 3.8) is 0 Å².